The van der Waals surface area contributed by atoms with Crippen LogP contribution in [0.25, 0.3) is 0 Å². The molecule has 0 aromatic heterocycles. The molecule has 0 unspecified atom stereocenters. The van der Waals surface area contributed by atoms with Gasteiger partial charge in [0.15, 0.2) is 15.7 Å². The number of unbranched alkanes of at least 4 members (excludes halogenated alkanes) is 10. The monoisotopic (exact) mass is 1090 g/mol. The third kappa shape index (κ3) is 43.8. The van der Waals surface area contributed by atoms with Gasteiger partial charge < -0.3 is 77.2 Å². The number of carbonyl (C=O) groups is 10. The van der Waals surface area contributed by atoms with Crippen LogP contribution in [0.5, 0.6) is 5.75 Å². The molecule has 432 valence electrons. The molecule has 0 aliphatic carbocycles. The Labute approximate surface area is 456 Å². The van der Waals surface area contributed by atoms with Crippen molar-refractivity contribution in [2.45, 2.75) is 180 Å². The van der Waals surface area contributed by atoms with Crippen molar-refractivity contribution in [1.29, 1.82) is 0 Å². The van der Waals surface area contributed by atoms with E-state index in [4.69, 9.17) is 38.6 Å². The van der Waals surface area contributed by atoms with E-state index >= 15 is 0 Å². The van der Waals surface area contributed by atoms with E-state index in [1.807, 2.05) is 13.8 Å². The average Bonchev–Trinajstić information content (AvgIpc) is 3.39. The van der Waals surface area contributed by atoms with Crippen LogP contribution in [0.4, 0.5) is 0 Å². The number of aromatic carboxylic acids is 1. The van der Waals surface area contributed by atoms with E-state index in [1.165, 1.54) is 12.1 Å². The number of benzene rings is 1. The van der Waals surface area contributed by atoms with Crippen molar-refractivity contribution < 1.29 is 77.5 Å². The topological polar surface area (TPSA) is 371 Å². The summed E-state index contributed by atoms with van der Waals surface area (Å²) in [5, 5.41) is 40.9. The van der Waals surface area contributed by atoms with Gasteiger partial charge in [0, 0.05) is 38.9 Å². The Bertz CT molecular complexity index is 1870. The number of amides is 5. The van der Waals surface area contributed by atoms with Gasteiger partial charge in [-0.1, -0.05) is 65.7 Å². The van der Waals surface area contributed by atoms with E-state index in [0.29, 0.717) is 76.8 Å². The summed E-state index contributed by atoms with van der Waals surface area (Å²) < 4.78 is 16.3. The smallest absolute Gasteiger partial charge is 0.335 e. The highest BCUT2D eigenvalue weighted by Crippen LogP contribution is 2.15. The zero-order valence-electron chi connectivity index (χ0n) is 45.6. The lowest BCUT2D eigenvalue weighted by Crippen LogP contribution is -2.44. The fourth-order valence-electron chi connectivity index (χ4n) is 6.72. The normalized spacial score (nSPS) is 12.1. The van der Waals surface area contributed by atoms with Crippen LogP contribution in [0, 0.1) is 0 Å². The molecule has 4 atom stereocenters. The van der Waals surface area contributed by atoms with Gasteiger partial charge in [-0.15, -0.1) is 0 Å². The first-order valence-electron chi connectivity index (χ1n) is 26.8. The van der Waals surface area contributed by atoms with Crippen LogP contribution >= 0.6 is 0 Å². The SMILES string of the molecule is CC.[B]C(=O)CC.[B]C(=O)[C@@H](N)CCCCNC(=O)[C@@H](N)CCCCNC(=O)COCCOCCNC(=O)CC[C@H](NC(=O)CC[C@H](NC(=O)CCCCCCCCCCCOc1ccc(C(=O)O)cc1)C(=O)O)C(=O)O. The Morgan fingerprint density at radius 3 is 1.51 bits per heavy atom. The Balaban J connectivity index is 0. The van der Waals surface area contributed by atoms with Crippen LogP contribution in [-0.4, -0.2) is 167 Å². The standard InChI is InChI=1S/C47H76BN7O15.C3H5BO.C2H6/c48-43(60)35(49)14-9-12-26-53-44(61)36(50)15-10-11-25-51-42(59)32-69-31-30-68-29-27-52-39(56)23-21-37(46(64)65)55-41(58)24-22-38(47(66)67)54-40(57)16-8-6-4-2-1-3-5-7-13-28-70-34-19-17-33(18-20-34)45(62)63;1-2-3(4)5;1-2/h17-20,35-38H,1-16,21-32,49-50H2,(H,51,59)(H,52,56)(H,53,61)(H,54,57)(H,55,58)(H,62,63)(H,64,65)(H,66,67);2H2,1H3;1-2H3/t35-,36-,37-,38-;;/m0../s1. The largest absolute Gasteiger partial charge is 0.494 e. The van der Waals surface area contributed by atoms with E-state index in [2.05, 4.69) is 34.4 Å². The summed E-state index contributed by atoms with van der Waals surface area (Å²) in [6.07, 6.45) is 11.3. The molecule has 4 radical (unpaired) electrons. The molecule has 25 heteroatoms. The number of rotatable bonds is 45. The van der Waals surface area contributed by atoms with Gasteiger partial charge in [0.2, 0.25) is 29.5 Å². The van der Waals surface area contributed by atoms with Gasteiger partial charge in [0.25, 0.3) is 0 Å². The van der Waals surface area contributed by atoms with Gasteiger partial charge in [-0.2, -0.15) is 0 Å². The summed E-state index contributed by atoms with van der Waals surface area (Å²) in [6, 6.07) is 2.19. The summed E-state index contributed by atoms with van der Waals surface area (Å²) in [4.78, 5) is 116. The number of carboxylic acid groups (broad SMARTS) is 3. The molecule has 0 aliphatic rings. The van der Waals surface area contributed by atoms with E-state index in [1.54, 1.807) is 19.1 Å². The summed E-state index contributed by atoms with van der Waals surface area (Å²) >= 11 is 0. The first kappa shape index (κ1) is 73.2. The molecule has 5 amide bonds. The number of nitrogens with two attached hydrogens (primary N) is 2. The third-order valence-corrected chi connectivity index (χ3v) is 11.2. The molecule has 1 aromatic carbocycles. The van der Waals surface area contributed by atoms with Crippen LogP contribution in [0.15, 0.2) is 24.3 Å². The second-order valence-electron chi connectivity index (χ2n) is 17.7. The lowest BCUT2D eigenvalue weighted by molar-refractivity contribution is -0.143. The molecule has 0 spiro atoms. The molecule has 0 bridgehead atoms. The van der Waals surface area contributed by atoms with Crippen molar-refractivity contribution >= 4 is 74.5 Å². The van der Waals surface area contributed by atoms with Gasteiger partial charge in [-0.3, -0.25) is 24.0 Å². The van der Waals surface area contributed by atoms with Crippen LogP contribution in [0.2, 0.25) is 0 Å². The van der Waals surface area contributed by atoms with Crippen LogP contribution in [0.1, 0.15) is 166 Å². The van der Waals surface area contributed by atoms with Gasteiger partial charge >= 0.3 is 17.9 Å². The van der Waals surface area contributed by atoms with E-state index in [0.717, 1.165) is 51.4 Å². The second-order valence-corrected chi connectivity index (χ2v) is 17.7. The summed E-state index contributed by atoms with van der Waals surface area (Å²) in [5.74, 6) is -5.31. The minimum atomic E-state index is -1.40. The lowest BCUT2D eigenvalue weighted by atomic mass is 9.92. The van der Waals surface area contributed by atoms with Crippen LogP contribution in [-0.2, 0) is 52.6 Å². The first-order chi connectivity index (χ1) is 36.8. The van der Waals surface area contributed by atoms with Gasteiger partial charge in [0.1, 0.15) is 24.4 Å². The number of nitrogens with one attached hydrogen (secondary N) is 5. The number of carbonyl (C=O) groups excluding carboxylic acids is 7. The molecular weight excluding hydrogens is 1000 g/mol. The summed E-state index contributed by atoms with van der Waals surface area (Å²) in [5.41, 5.74) is 10.9. The van der Waals surface area contributed by atoms with Crippen LogP contribution < -0.4 is 42.8 Å². The van der Waals surface area contributed by atoms with Crippen molar-refractivity contribution in [1.82, 2.24) is 26.6 Å². The van der Waals surface area contributed by atoms with E-state index < -0.39 is 65.5 Å². The molecule has 1 rings (SSSR count). The minimum Gasteiger partial charge on any atom is -0.494 e. The number of ether oxygens (including phenoxy) is 3. The van der Waals surface area contributed by atoms with Gasteiger partial charge in [0.05, 0.1) is 55.4 Å². The maximum absolute atomic E-state index is 12.5. The highest BCUT2D eigenvalue weighted by atomic mass is 16.5. The molecule has 0 fully saturated rings. The highest BCUT2D eigenvalue weighted by molar-refractivity contribution is 6.59. The molecule has 0 saturated heterocycles. The Morgan fingerprint density at radius 2 is 0.987 bits per heavy atom. The van der Waals surface area contributed by atoms with Crippen molar-refractivity contribution in [3.63, 3.8) is 0 Å². The van der Waals surface area contributed by atoms with Gasteiger partial charge in [-0.25, -0.2) is 14.4 Å². The van der Waals surface area contributed by atoms with E-state index in [-0.39, 0.29) is 88.1 Å². The zero-order chi connectivity index (χ0) is 58.2. The maximum atomic E-state index is 12.5. The first-order valence-corrected chi connectivity index (χ1v) is 26.8. The van der Waals surface area contributed by atoms with Crippen molar-refractivity contribution in [2.75, 3.05) is 52.7 Å². The van der Waals surface area contributed by atoms with Gasteiger partial charge in [-0.05, 0) is 94.9 Å². The number of hydrogen-bond donors (Lipinski definition) is 10. The molecule has 12 N–H and O–H groups in total. The predicted octanol–water partition coefficient (Wildman–Crippen LogP) is 2.55. The molecule has 23 nitrogen and oxygen atoms in total. The quantitative estimate of drug-likeness (QED) is 0.0331. The fraction of sp³-hybridized carbons (Fsp3) is 0.692. The highest BCUT2D eigenvalue weighted by Gasteiger charge is 2.24. The maximum Gasteiger partial charge on any atom is 0.335 e. The molecule has 1 aromatic rings. The lowest BCUT2D eigenvalue weighted by Gasteiger charge is -2.17. The Morgan fingerprint density at radius 1 is 0.519 bits per heavy atom. The van der Waals surface area contributed by atoms with Crippen molar-refractivity contribution in [2.24, 2.45) is 11.5 Å². The van der Waals surface area contributed by atoms with Crippen molar-refractivity contribution in [3.05, 3.63) is 29.8 Å². The number of carboxylic acids is 3. The van der Waals surface area contributed by atoms with E-state index in [9.17, 15) is 58.2 Å². The zero-order valence-corrected chi connectivity index (χ0v) is 45.6. The predicted molar refractivity (Wildman–Crippen MR) is 290 cm³/mol. The second kappa shape index (κ2) is 48.5. The summed E-state index contributed by atoms with van der Waals surface area (Å²) in [7, 11) is 9.77. The third-order valence-electron chi connectivity index (χ3n) is 11.2. The molecule has 77 heavy (non-hydrogen) atoms. The molecule has 0 saturated carbocycles. The minimum absolute atomic E-state index is 0.113. The molecular formula is C52H87B2N7O16. The number of hydrogen-bond acceptors (Lipinski definition) is 15. The average molecular weight is 1090 g/mol. The van der Waals surface area contributed by atoms with Crippen LogP contribution in [0.3, 0.4) is 0 Å². The summed E-state index contributed by atoms with van der Waals surface area (Å²) in [6.45, 7) is 7.37. The fourth-order valence-corrected chi connectivity index (χ4v) is 6.72. The Hall–Kier alpha value is -5.91. The van der Waals surface area contributed by atoms with Crippen molar-refractivity contribution in [3.8, 4) is 5.75 Å². The molecule has 0 heterocycles. The molecule has 0 aliphatic heterocycles. The Kier molecular flexibility index (Phi) is 46.0. The number of aliphatic carboxylic acids is 2.